The van der Waals surface area contributed by atoms with Crippen molar-refractivity contribution in [1.29, 1.82) is 0 Å². The van der Waals surface area contributed by atoms with Gasteiger partial charge in [0.15, 0.2) is 0 Å². The average molecular weight is 271 g/mol. The molecule has 4 nitrogen and oxygen atoms in total. The Morgan fingerprint density at radius 2 is 1.85 bits per heavy atom. The van der Waals surface area contributed by atoms with Crippen molar-refractivity contribution in [1.82, 2.24) is 9.97 Å². The fourth-order valence-electron chi connectivity index (χ4n) is 2.11. The molecule has 0 saturated heterocycles. The highest BCUT2D eigenvalue weighted by atomic mass is 16.5. The highest BCUT2D eigenvalue weighted by Gasteiger charge is 2.15. The van der Waals surface area contributed by atoms with Gasteiger partial charge in [0.2, 0.25) is 5.88 Å². The lowest BCUT2D eigenvalue weighted by molar-refractivity contribution is 0.397. The van der Waals surface area contributed by atoms with Gasteiger partial charge in [0.25, 0.3) is 0 Å². The number of ether oxygens (including phenoxy) is 1. The molecule has 0 unspecified atom stereocenters. The molecular weight excluding hydrogens is 250 g/mol. The number of hydrogen-bond acceptors (Lipinski definition) is 4. The largest absolute Gasteiger partial charge is 0.480 e. The molecular formula is C16H21N3O. The van der Waals surface area contributed by atoms with E-state index in [0.29, 0.717) is 17.5 Å². The highest BCUT2D eigenvalue weighted by molar-refractivity contribution is 5.71. The zero-order valence-corrected chi connectivity index (χ0v) is 12.7. The van der Waals surface area contributed by atoms with Gasteiger partial charge < -0.3 is 10.5 Å². The summed E-state index contributed by atoms with van der Waals surface area (Å²) in [5.41, 5.74) is 11.5. The van der Waals surface area contributed by atoms with E-state index in [0.717, 1.165) is 28.1 Å². The number of nitrogens with two attached hydrogens (primary N) is 1. The van der Waals surface area contributed by atoms with Crippen LogP contribution in [0.1, 0.15) is 36.6 Å². The van der Waals surface area contributed by atoms with Crippen LogP contribution in [0, 0.1) is 13.8 Å². The first-order valence-electron chi connectivity index (χ1n) is 6.72. The van der Waals surface area contributed by atoms with Crippen molar-refractivity contribution in [3.05, 3.63) is 35.2 Å². The minimum Gasteiger partial charge on any atom is -0.480 e. The van der Waals surface area contributed by atoms with Crippen LogP contribution >= 0.6 is 0 Å². The topological polar surface area (TPSA) is 61.0 Å². The molecule has 20 heavy (non-hydrogen) atoms. The molecule has 106 valence electrons. The normalized spacial score (nSPS) is 10.9. The lowest BCUT2D eigenvalue weighted by Gasteiger charge is -2.14. The lowest BCUT2D eigenvalue weighted by Crippen LogP contribution is -2.02. The number of pyridine rings is 2. The first-order chi connectivity index (χ1) is 9.45. The summed E-state index contributed by atoms with van der Waals surface area (Å²) < 4.78 is 5.43. The van der Waals surface area contributed by atoms with Crippen molar-refractivity contribution in [2.24, 2.45) is 0 Å². The lowest BCUT2D eigenvalue weighted by atomic mass is 10.0. The molecule has 2 heterocycles. The zero-order valence-electron chi connectivity index (χ0n) is 12.7. The van der Waals surface area contributed by atoms with Gasteiger partial charge in [0.1, 0.15) is 0 Å². The maximum atomic E-state index is 5.89. The van der Waals surface area contributed by atoms with Gasteiger partial charge in [0.05, 0.1) is 30.3 Å². The fraction of sp³-hybridized carbons (Fsp3) is 0.375. The predicted molar refractivity (Wildman–Crippen MR) is 82.0 cm³/mol. The Morgan fingerprint density at radius 3 is 2.45 bits per heavy atom. The third-order valence-corrected chi connectivity index (χ3v) is 3.61. The van der Waals surface area contributed by atoms with Crippen LogP contribution in [0.5, 0.6) is 5.88 Å². The maximum Gasteiger partial charge on any atom is 0.222 e. The average Bonchev–Trinajstić information content (AvgIpc) is 2.44. The minimum absolute atomic E-state index is 0.361. The van der Waals surface area contributed by atoms with Gasteiger partial charge >= 0.3 is 0 Å². The van der Waals surface area contributed by atoms with Gasteiger partial charge in [-0.25, -0.2) is 4.98 Å². The molecule has 0 aliphatic rings. The van der Waals surface area contributed by atoms with Crippen molar-refractivity contribution >= 4 is 5.69 Å². The molecule has 0 bridgehead atoms. The summed E-state index contributed by atoms with van der Waals surface area (Å²) in [6.07, 6.45) is 1.69. The van der Waals surface area contributed by atoms with E-state index in [1.54, 1.807) is 13.3 Å². The Labute approximate surface area is 120 Å². The summed E-state index contributed by atoms with van der Waals surface area (Å²) >= 11 is 0. The van der Waals surface area contributed by atoms with Crippen LogP contribution < -0.4 is 10.5 Å². The number of anilines is 1. The Balaban J connectivity index is 2.61. The van der Waals surface area contributed by atoms with Gasteiger partial charge in [-0.3, -0.25) is 4.98 Å². The van der Waals surface area contributed by atoms with Crippen molar-refractivity contribution in [2.75, 3.05) is 12.8 Å². The molecule has 2 aromatic heterocycles. The molecule has 0 aromatic carbocycles. The number of methoxy groups -OCH3 is 1. The van der Waals surface area contributed by atoms with E-state index in [4.69, 9.17) is 10.5 Å². The standard InChI is InChI=1S/C16H21N3O/c1-9(2)14-7-6-12(16(19-14)20-5)15-11(4)10(3)13(17)8-18-15/h6-9H,17H2,1-5H3. The van der Waals surface area contributed by atoms with E-state index >= 15 is 0 Å². The third-order valence-electron chi connectivity index (χ3n) is 3.61. The Hall–Kier alpha value is -2.10. The van der Waals surface area contributed by atoms with Gasteiger partial charge in [-0.1, -0.05) is 13.8 Å². The van der Waals surface area contributed by atoms with Crippen LogP contribution in [0.3, 0.4) is 0 Å². The van der Waals surface area contributed by atoms with E-state index in [1.807, 2.05) is 26.0 Å². The van der Waals surface area contributed by atoms with E-state index < -0.39 is 0 Å². The first-order valence-corrected chi connectivity index (χ1v) is 6.72. The van der Waals surface area contributed by atoms with E-state index in [2.05, 4.69) is 23.8 Å². The van der Waals surface area contributed by atoms with Crippen molar-refractivity contribution < 1.29 is 4.74 Å². The zero-order chi connectivity index (χ0) is 14.9. The first kappa shape index (κ1) is 14.3. The third kappa shape index (κ3) is 2.46. The molecule has 0 fully saturated rings. The van der Waals surface area contributed by atoms with Crippen LogP contribution in [0.15, 0.2) is 18.3 Å². The maximum absolute atomic E-state index is 5.89. The van der Waals surface area contributed by atoms with Gasteiger partial charge in [-0.05, 0) is 43.0 Å². The van der Waals surface area contributed by atoms with E-state index in [-0.39, 0.29) is 0 Å². The van der Waals surface area contributed by atoms with Crippen LogP contribution in [-0.4, -0.2) is 17.1 Å². The number of rotatable bonds is 3. The Bertz CT molecular complexity index is 636. The van der Waals surface area contributed by atoms with E-state index in [1.165, 1.54) is 0 Å². The molecule has 2 aromatic rings. The monoisotopic (exact) mass is 271 g/mol. The summed E-state index contributed by atoms with van der Waals surface area (Å²) in [6.45, 7) is 8.23. The number of aromatic nitrogens is 2. The molecule has 0 aliphatic heterocycles. The number of hydrogen-bond donors (Lipinski definition) is 1. The van der Waals surface area contributed by atoms with Crippen LogP contribution in [0.25, 0.3) is 11.3 Å². The molecule has 0 aliphatic carbocycles. The summed E-state index contributed by atoms with van der Waals surface area (Å²) in [7, 11) is 1.63. The second kappa shape index (κ2) is 5.49. The highest BCUT2D eigenvalue weighted by Crippen LogP contribution is 2.32. The van der Waals surface area contributed by atoms with Gasteiger partial charge in [-0.15, -0.1) is 0 Å². The second-order valence-corrected chi connectivity index (χ2v) is 5.26. The van der Waals surface area contributed by atoms with Crippen LogP contribution in [-0.2, 0) is 0 Å². The second-order valence-electron chi connectivity index (χ2n) is 5.26. The van der Waals surface area contributed by atoms with Gasteiger partial charge in [-0.2, -0.15) is 0 Å². The van der Waals surface area contributed by atoms with Crippen LogP contribution in [0.2, 0.25) is 0 Å². The molecule has 2 rings (SSSR count). The van der Waals surface area contributed by atoms with Crippen molar-refractivity contribution in [2.45, 2.75) is 33.6 Å². The van der Waals surface area contributed by atoms with E-state index in [9.17, 15) is 0 Å². The summed E-state index contributed by atoms with van der Waals surface area (Å²) in [5.74, 6) is 0.969. The molecule has 0 spiro atoms. The van der Waals surface area contributed by atoms with Crippen molar-refractivity contribution in [3.63, 3.8) is 0 Å². The minimum atomic E-state index is 0.361. The smallest absolute Gasteiger partial charge is 0.222 e. The Kier molecular flexibility index (Phi) is 3.93. The van der Waals surface area contributed by atoms with Crippen molar-refractivity contribution in [3.8, 4) is 17.1 Å². The molecule has 2 N–H and O–H groups in total. The number of nitrogens with zero attached hydrogens (tertiary/aromatic N) is 2. The molecule has 4 heteroatoms. The summed E-state index contributed by atoms with van der Waals surface area (Å²) in [5, 5.41) is 0. The predicted octanol–water partition coefficient (Wildman–Crippen LogP) is 3.47. The summed E-state index contributed by atoms with van der Waals surface area (Å²) in [6, 6.07) is 4.04. The number of nitrogen functional groups attached to an aromatic ring is 1. The molecule has 0 atom stereocenters. The molecule has 0 amide bonds. The Morgan fingerprint density at radius 1 is 1.15 bits per heavy atom. The SMILES string of the molecule is COc1nc(C(C)C)ccc1-c1ncc(N)c(C)c1C. The summed E-state index contributed by atoms with van der Waals surface area (Å²) in [4.78, 5) is 9.01. The molecule has 0 saturated carbocycles. The van der Waals surface area contributed by atoms with Crippen LogP contribution in [0.4, 0.5) is 5.69 Å². The van der Waals surface area contributed by atoms with Gasteiger partial charge in [0, 0.05) is 5.69 Å². The molecule has 0 radical (unpaired) electrons. The quantitative estimate of drug-likeness (QED) is 0.928. The fourth-order valence-corrected chi connectivity index (χ4v) is 2.11.